The van der Waals surface area contributed by atoms with Crippen LogP contribution in [0, 0.1) is 24.7 Å². The van der Waals surface area contributed by atoms with E-state index in [1.165, 1.54) is 0 Å². The maximum Gasteiger partial charge on any atom is 0.330 e. The van der Waals surface area contributed by atoms with Gasteiger partial charge in [-0.15, -0.1) is 0 Å². The number of hydrogen-bond donors (Lipinski definition) is 0. The molecule has 0 aliphatic carbocycles. The van der Waals surface area contributed by atoms with Crippen LogP contribution in [0.15, 0.2) is 81.5 Å². The van der Waals surface area contributed by atoms with Gasteiger partial charge in [0.05, 0.1) is 30.5 Å². The van der Waals surface area contributed by atoms with E-state index in [0.717, 1.165) is 41.5 Å². The average molecular weight is 671 g/mol. The van der Waals surface area contributed by atoms with Crippen molar-refractivity contribution in [2.75, 3.05) is 52.9 Å². The Labute approximate surface area is 279 Å². The van der Waals surface area contributed by atoms with Gasteiger partial charge in [0, 0.05) is 30.4 Å². The van der Waals surface area contributed by atoms with Crippen molar-refractivity contribution in [3.8, 4) is 0 Å². The van der Waals surface area contributed by atoms with Crippen LogP contribution in [0.4, 0.5) is 0 Å². The summed E-state index contributed by atoms with van der Waals surface area (Å²) in [4.78, 5) is 73.0. The molecule has 0 aliphatic rings. The van der Waals surface area contributed by atoms with E-state index in [-0.39, 0.29) is 6.42 Å². The second kappa shape index (κ2) is 20.7. The second-order valence-corrected chi connectivity index (χ2v) is 10.8. The van der Waals surface area contributed by atoms with E-state index >= 15 is 0 Å². The Kier molecular flexibility index (Phi) is 17.6. The molecule has 0 radical (unpaired) electrons. The third-order valence-corrected chi connectivity index (χ3v) is 6.71. The van der Waals surface area contributed by atoms with Gasteiger partial charge in [0.1, 0.15) is 39.6 Å². The SMILES string of the molecule is C=CC(=O)OCC(COCC(COC(=O)C=C)(COC(=O)C=C)COC(=O)Cc1ccc(C)c(C)c1)(COC(=O)C=C)COC(=O)C=C. The minimum absolute atomic E-state index is 0.0852. The fourth-order valence-corrected chi connectivity index (χ4v) is 3.76. The van der Waals surface area contributed by atoms with Gasteiger partial charge in [-0.2, -0.15) is 0 Å². The smallest absolute Gasteiger partial charge is 0.330 e. The van der Waals surface area contributed by atoms with Gasteiger partial charge in [0.2, 0.25) is 0 Å². The first-order chi connectivity index (χ1) is 22.8. The van der Waals surface area contributed by atoms with E-state index in [9.17, 15) is 28.8 Å². The summed E-state index contributed by atoms with van der Waals surface area (Å²) in [6.45, 7) is 16.9. The molecule has 13 nitrogen and oxygen atoms in total. The van der Waals surface area contributed by atoms with E-state index in [4.69, 9.17) is 33.2 Å². The number of ether oxygens (including phenoxy) is 7. The predicted molar refractivity (Wildman–Crippen MR) is 172 cm³/mol. The fraction of sp³-hybridized carbons (Fsp3) is 0.371. The molecule has 0 heterocycles. The molecular weight excluding hydrogens is 628 g/mol. The maximum atomic E-state index is 12.9. The summed E-state index contributed by atoms with van der Waals surface area (Å²) in [5, 5.41) is 0. The number of aryl methyl sites for hydroxylation is 2. The zero-order valence-corrected chi connectivity index (χ0v) is 27.3. The summed E-state index contributed by atoms with van der Waals surface area (Å²) >= 11 is 0. The van der Waals surface area contributed by atoms with Gasteiger partial charge in [0.25, 0.3) is 0 Å². The van der Waals surface area contributed by atoms with Crippen molar-refractivity contribution in [2.24, 2.45) is 10.8 Å². The van der Waals surface area contributed by atoms with Crippen molar-refractivity contribution < 1.29 is 61.9 Å². The standard InChI is InChI=1S/C35H42O13/c1-8-28(36)43-19-34(20-44-29(37)9-2,21-45-30(38)10-3)17-42-18-35(22-46-31(39)11-4,23-47-32(40)12-5)24-48-33(41)16-27-14-13-25(6)26(7)15-27/h8-15H,1-5,16-24H2,6-7H3. The van der Waals surface area contributed by atoms with Gasteiger partial charge in [0.15, 0.2) is 0 Å². The zero-order valence-electron chi connectivity index (χ0n) is 27.3. The van der Waals surface area contributed by atoms with Crippen LogP contribution < -0.4 is 0 Å². The summed E-state index contributed by atoms with van der Waals surface area (Å²) < 4.78 is 37.8. The molecule has 13 heteroatoms. The third kappa shape index (κ3) is 14.9. The first kappa shape index (κ1) is 40.7. The van der Waals surface area contributed by atoms with Crippen molar-refractivity contribution >= 4 is 35.8 Å². The number of hydrogen-bond acceptors (Lipinski definition) is 13. The molecule has 48 heavy (non-hydrogen) atoms. The molecule has 0 aromatic heterocycles. The highest BCUT2D eigenvalue weighted by Crippen LogP contribution is 2.26. The van der Waals surface area contributed by atoms with Crippen molar-refractivity contribution in [1.82, 2.24) is 0 Å². The molecule has 0 spiro atoms. The largest absolute Gasteiger partial charge is 0.464 e. The Bertz CT molecular complexity index is 1290. The van der Waals surface area contributed by atoms with Crippen LogP contribution in [-0.4, -0.2) is 88.7 Å². The number of carbonyl (C=O) groups excluding carboxylic acids is 6. The molecule has 0 aliphatic heterocycles. The van der Waals surface area contributed by atoms with Crippen molar-refractivity contribution in [2.45, 2.75) is 20.3 Å². The van der Waals surface area contributed by atoms with Crippen molar-refractivity contribution in [3.63, 3.8) is 0 Å². The van der Waals surface area contributed by atoms with Gasteiger partial charge >= 0.3 is 35.8 Å². The van der Waals surface area contributed by atoms with Crippen LogP contribution in [0.25, 0.3) is 0 Å². The first-order valence-electron chi connectivity index (χ1n) is 14.5. The summed E-state index contributed by atoms with van der Waals surface area (Å²) in [7, 11) is 0. The van der Waals surface area contributed by atoms with Crippen LogP contribution in [0.2, 0.25) is 0 Å². The zero-order chi connectivity index (χ0) is 36.2. The van der Waals surface area contributed by atoms with Gasteiger partial charge < -0.3 is 33.2 Å². The van der Waals surface area contributed by atoms with Crippen LogP contribution in [0.3, 0.4) is 0 Å². The van der Waals surface area contributed by atoms with Crippen molar-refractivity contribution in [1.29, 1.82) is 0 Å². The molecule has 0 fully saturated rings. The van der Waals surface area contributed by atoms with E-state index in [2.05, 4.69) is 32.9 Å². The minimum Gasteiger partial charge on any atom is -0.464 e. The molecule has 0 saturated carbocycles. The number of rotatable bonds is 23. The topological polar surface area (TPSA) is 167 Å². The monoisotopic (exact) mass is 670 g/mol. The molecule has 0 N–H and O–H groups in total. The molecular formula is C35H42O13. The predicted octanol–water partition coefficient (Wildman–Crippen LogP) is 3.02. The molecule has 0 bridgehead atoms. The number of esters is 6. The number of carbonyl (C=O) groups is 6. The third-order valence-electron chi connectivity index (χ3n) is 6.71. The summed E-state index contributed by atoms with van der Waals surface area (Å²) in [6, 6.07) is 5.51. The van der Waals surface area contributed by atoms with Gasteiger partial charge in [-0.25, -0.2) is 24.0 Å². The van der Waals surface area contributed by atoms with E-state index < -0.39 is 99.5 Å². The Morgan fingerprint density at radius 3 is 1.17 bits per heavy atom. The highest BCUT2D eigenvalue weighted by molar-refractivity contribution is 5.83. The molecule has 0 saturated heterocycles. The Hall–Kier alpha value is -5.30. The van der Waals surface area contributed by atoms with Crippen LogP contribution >= 0.6 is 0 Å². The lowest BCUT2D eigenvalue weighted by Gasteiger charge is -2.35. The van der Waals surface area contributed by atoms with Crippen molar-refractivity contribution in [3.05, 3.63) is 98.2 Å². The number of benzene rings is 1. The molecule has 0 unspecified atom stereocenters. The quantitative estimate of drug-likeness (QED) is 0.0948. The van der Waals surface area contributed by atoms with Crippen LogP contribution in [0.1, 0.15) is 16.7 Å². The summed E-state index contributed by atoms with van der Waals surface area (Å²) in [5.74, 6) is -4.78. The Balaban J connectivity index is 3.42. The molecule has 0 atom stereocenters. The molecule has 260 valence electrons. The normalized spacial score (nSPS) is 10.8. The van der Waals surface area contributed by atoms with Crippen LogP contribution in [-0.2, 0) is 68.3 Å². The second-order valence-electron chi connectivity index (χ2n) is 10.8. The summed E-state index contributed by atoms with van der Waals surface area (Å²) in [6.07, 6.45) is 4.43. The van der Waals surface area contributed by atoms with E-state index in [0.29, 0.717) is 5.56 Å². The molecule has 1 aromatic rings. The lowest BCUT2D eigenvalue weighted by molar-refractivity contribution is -0.170. The van der Waals surface area contributed by atoms with Gasteiger partial charge in [-0.05, 0) is 30.5 Å². The minimum atomic E-state index is -1.50. The Morgan fingerprint density at radius 2 is 0.854 bits per heavy atom. The maximum absolute atomic E-state index is 12.9. The highest BCUT2D eigenvalue weighted by atomic mass is 16.6. The molecule has 1 aromatic carbocycles. The van der Waals surface area contributed by atoms with Gasteiger partial charge in [-0.3, -0.25) is 4.79 Å². The van der Waals surface area contributed by atoms with E-state index in [1.54, 1.807) is 6.07 Å². The molecule has 0 amide bonds. The van der Waals surface area contributed by atoms with E-state index in [1.807, 2.05) is 26.0 Å². The van der Waals surface area contributed by atoms with Gasteiger partial charge in [-0.1, -0.05) is 51.1 Å². The average Bonchev–Trinajstić information content (AvgIpc) is 3.09. The lowest BCUT2D eigenvalue weighted by atomic mass is 9.90. The molecule has 1 rings (SSSR count). The van der Waals surface area contributed by atoms with Crippen LogP contribution in [0.5, 0.6) is 0 Å². The highest BCUT2D eigenvalue weighted by Gasteiger charge is 2.40. The Morgan fingerprint density at radius 1 is 0.521 bits per heavy atom. The lowest BCUT2D eigenvalue weighted by Crippen LogP contribution is -2.47. The first-order valence-corrected chi connectivity index (χ1v) is 14.5. The summed E-state index contributed by atoms with van der Waals surface area (Å²) in [5.41, 5.74) is -0.282. The fourth-order valence-electron chi connectivity index (χ4n) is 3.76.